The molecule has 5 rings (SSSR count). The Labute approximate surface area is 182 Å². The highest BCUT2D eigenvalue weighted by molar-refractivity contribution is 5.76. The number of benzene rings is 3. The highest BCUT2D eigenvalue weighted by Gasteiger charge is 2.27. The average Bonchev–Trinajstić information content (AvgIpc) is 3.26. The highest BCUT2D eigenvalue weighted by atomic mass is 16.4. The Kier molecular flexibility index (Phi) is 5.40. The first kappa shape index (κ1) is 19.4. The molecule has 0 spiro atoms. The number of aromatic hydroxyl groups is 1. The molecule has 3 aromatic carbocycles. The highest BCUT2D eigenvalue weighted by Crippen LogP contribution is 2.40. The van der Waals surface area contributed by atoms with Crippen LogP contribution < -0.4 is 0 Å². The van der Waals surface area contributed by atoms with E-state index >= 15 is 0 Å². The van der Waals surface area contributed by atoms with Crippen LogP contribution in [-0.4, -0.2) is 10.1 Å². The summed E-state index contributed by atoms with van der Waals surface area (Å²) in [4.78, 5) is 5.03. The number of nitrogens with zero attached hydrogens (tertiary/aromatic N) is 1. The second kappa shape index (κ2) is 8.65. The van der Waals surface area contributed by atoms with E-state index in [4.69, 9.17) is 9.40 Å². The summed E-state index contributed by atoms with van der Waals surface area (Å²) in [6, 6.07) is 28.0. The number of hydrogen-bond donors (Lipinski definition) is 1. The third kappa shape index (κ3) is 4.17. The Morgan fingerprint density at radius 1 is 0.871 bits per heavy atom. The van der Waals surface area contributed by atoms with Crippen molar-refractivity contribution in [1.82, 2.24) is 4.98 Å². The molecular weight excluding hydrogens is 382 g/mol. The maximum Gasteiger partial charge on any atom is 0.202 e. The van der Waals surface area contributed by atoms with Gasteiger partial charge >= 0.3 is 0 Å². The molecule has 3 nitrogen and oxygen atoms in total. The van der Waals surface area contributed by atoms with Crippen LogP contribution in [0.3, 0.4) is 0 Å². The maximum atomic E-state index is 9.87. The van der Waals surface area contributed by atoms with Crippen molar-refractivity contribution in [1.29, 1.82) is 0 Å². The van der Waals surface area contributed by atoms with E-state index in [0.717, 1.165) is 59.7 Å². The molecule has 0 saturated carbocycles. The summed E-state index contributed by atoms with van der Waals surface area (Å²) in [5.41, 5.74) is 5.41. The lowest BCUT2D eigenvalue weighted by atomic mass is 9.84. The molecule has 154 valence electrons. The van der Waals surface area contributed by atoms with Gasteiger partial charge < -0.3 is 9.52 Å². The van der Waals surface area contributed by atoms with Crippen molar-refractivity contribution in [2.24, 2.45) is 0 Å². The van der Waals surface area contributed by atoms with Crippen molar-refractivity contribution in [2.75, 3.05) is 0 Å². The van der Waals surface area contributed by atoms with Crippen molar-refractivity contribution in [2.45, 2.75) is 31.6 Å². The third-order valence-electron chi connectivity index (χ3n) is 5.89. The number of phenols is 1. The fourth-order valence-corrected chi connectivity index (χ4v) is 4.38. The van der Waals surface area contributed by atoms with E-state index in [1.807, 2.05) is 48.5 Å². The van der Waals surface area contributed by atoms with Crippen LogP contribution >= 0.6 is 0 Å². The molecule has 31 heavy (non-hydrogen) atoms. The number of phenolic OH excluding ortho intramolecular Hbond substituents is 1. The molecule has 0 radical (unpaired) electrons. The van der Waals surface area contributed by atoms with Gasteiger partial charge in [-0.15, -0.1) is 0 Å². The topological polar surface area (TPSA) is 46.3 Å². The maximum absolute atomic E-state index is 9.87. The van der Waals surface area contributed by atoms with E-state index in [0.29, 0.717) is 5.75 Å². The van der Waals surface area contributed by atoms with Gasteiger partial charge in [0.05, 0.1) is 5.92 Å². The van der Waals surface area contributed by atoms with Crippen molar-refractivity contribution in [3.8, 4) is 28.3 Å². The van der Waals surface area contributed by atoms with Gasteiger partial charge in [-0.2, -0.15) is 0 Å². The fraction of sp³-hybridized carbons (Fsp3) is 0.179. The van der Waals surface area contributed by atoms with E-state index in [1.54, 1.807) is 6.07 Å². The van der Waals surface area contributed by atoms with Gasteiger partial charge in [0.25, 0.3) is 0 Å². The quantitative estimate of drug-likeness (QED) is 0.357. The Morgan fingerprint density at radius 3 is 2.35 bits per heavy atom. The summed E-state index contributed by atoms with van der Waals surface area (Å²) in [7, 11) is 0. The van der Waals surface area contributed by atoms with Crippen molar-refractivity contribution in [3.63, 3.8) is 0 Å². The summed E-state index contributed by atoms with van der Waals surface area (Å²) in [6.07, 6.45) is 6.34. The zero-order valence-electron chi connectivity index (χ0n) is 17.4. The molecule has 0 fully saturated rings. The Bertz CT molecular complexity index is 1140. The summed E-state index contributed by atoms with van der Waals surface area (Å²) in [5.74, 6) is 2.06. The van der Waals surface area contributed by atoms with Gasteiger partial charge in [-0.05, 0) is 43.4 Å². The molecule has 3 heteroatoms. The predicted octanol–water partition coefficient (Wildman–Crippen LogP) is 7.15. The molecule has 0 amide bonds. The van der Waals surface area contributed by atoms with E-state index < -0.39 is 0 Å². The van der Waals surface area contributed by atoms with Crippen LogP contribution in [0.25, 0.3) is 22.6 Å². The SMILES string of the molecule is Oc1cccc(CC2=CCCCC2c2nc(-c3ccccc3)c(-c3ccccc3)o2)c1. The van der Waals surface area contributed by atoms with Gasteiger partial charge in [0.15, 0.2) is 5.76 Å². The molecule has 0 bridgehead atoms. The minimum absolute atomic E-state index is 0.149. The minimum atomic E-state index is 0.149. The summed E-state index contributed by atoms with van der Waals surface area (Å²) in [6.45, 7) is 0. The fourth-order valence-electron chi connectivity index (χ4n) is 4.38. The molecule has 4 aromatic rings. The van der Waals surface area contributed by atoms with E-state index in [2.05, 4.69) is 36.4 Å². The average molecular weight is 408 g/mol. The normalized spacial score (nSPS) is 16.1. The molecule has 0 aliphatic heterocycles. The predicted molar refractivity (Wildman–Crippen MR) is 124 cm³/mol. The lowest BCUT2D eigenvalue weighted by molar-refractivity contribution is 0.446. The van der Waals surface area contributed by atoms with Crippen LogP contribution in [-0.2, 0) is 6.42 Å². The monoisotopic (exact) mass is 407 g/mol. The largest absolute Gasteiger partial charge is 0.508 e. The number of aromatic nitrogens is 1. The molecule has 0 saturated heterocycles. The molecule has 1 aliphatic carbocycles. The lowest BCUT2D eigenvalue weighted by Gasteiger charge is -2.22. The molecule has 1 aromatic heterocycles. The summed E-state index contributed by atoms with van der Waals surface area (Å²) < 4.78 is 6.49. The van der Waals surface area contributed by atoms with Crippen molar-refractivity contribution >= 4 is 0 Å². The minimum Gasteiger partial charge on any atom is -0.508 e. The van der Waals surface area contributed by atoms with Gasteiger partial charge in [0.1, 0.15) is 11.4 Å². The van der Waals surface area contributed by atoms with E-state index in [-0.39, 0.29) is 5.92 Å². The zero-order valence-corrected chi connectivity index (χ0v) is 17.4. The van der Waals surface area contributed by atoms with Crippen LogP contribution in [0.1, 0.15) is 36.6 Å². The Hall–Kier alpha value is -3.59. The van der Waals surface area contributed by atoms with Crippen LogP contribution in [0.5, 0.6) is 5.75 Å². The second-order valence-corrected chi connectivity index (χ2v) is 8.07. The number of hydrogen-bond acceptors (Lipinski definition) is 3. The zero-order chi connectivity index (χ0) is 21.0. The van der Waals surface area contributed by atoms with Crippen LogP contribution in [0.2, 0.25) is 0 Å². The molecule has 1 aliphatic rings. The van der Waals surface area contributed by atoms with Crippen LogP contribution in [0, 0.1) is 0 Å². The van der Waals surface area contributed by atoms with Gasteiger partial charge in [-0.25, -0.2) is 4.98 Å². The van der Waals surface area contributed by atoms with Gasteiger partial charge in [0, 0.05) is 11.1 Å². The Balaban J connectivity index is 1.55. The first-order valence-corrected chi connectivity index (χ1v) is 10.9. The Morgan fingerprint density at radius 2 is 1.61 bits per heavy atom. The second-order valence-electron chi connectivity index (χ2n) is 8.07. The first-order valence-electron chi connectivity index (χ1n) is 10.9. The van der Waals surface area contributed by atoms with Gasteiger partial charge in [-0.3, -0.25) is 0 Å². The molecule has 1 unspecified atom stereocenters. The summed E-state index contributed by atoms with van der Waals surface area (Å²) >= 11 is 0. The molecule has 1 atom stereocenters. The smallest absolute Gasteiger partial charge is 0.202 e. The van der Waals surface area contributed by atoms with Gasteiger partial charge in [0.2, 0.25) is 5.89 Å². The summed E-state index contributed by atoms with van der Waals surface area (Å²) in [5, 5.41) is 9.87. The number of oxazole rings is 1. The standard InChI is InChI=1S/C28H25NO2/c30-24-16-9-10-20(19-24)18-23-15-7-8-17-25(23)28-29-26(21-11-3-1-4-12-21)27(31-28)22-13-5-2-6-14-22/h1-6,9-16,19,25,30H,7-8,17-18H2. The van der Waals surface area contributed by atoms with Crippen molar-refractivity contribution in [3.05, 3.63) is 108 Å². The van der Waals surface area contributed by atoms with Crippen LogP contribution in [0.4, 0.5) is 0 Å². The van der Waals surface area contributed by atoms with Gasteiger partial charge in [-0.1, -0.05) is 84.4 Å². The third-order valence-corrected chi connectivity index (χ3v) is 5.89. The number of rotatable bonds is 5. The van der Waals surface area contributed by atoms with Crippen molar-refractivity contribution < 1.29 is 9.52 Å². The molecule has 1 N–H and O–H groups in total. The first-order chi connectivity index (χ1) is 15.3. The van der Waals surface area contributed by atoms with E-state index in [1.165, 1.54) is 5.57 Å². The molecular formula is C28H25NO2. The molecule has 1 heterocycles. The number of allylic oxidation sites excluding steroid dienone is 2. The van der Waals surface area contributed by atoms with E-state index in [9.17, 15) is 5.11 Å². The van der Waals surface area contributed by atoms with Crippen LogP contribution in [0.15, 0.2) is 101 Å². The lowest BCUT2D eigenvalue weighted by Crippen LogP contribution is -2.10.